The Morgan fingerprint density at radius 3 is 2.58 bits per heavy atom. The van der Waals surface area contributed by atoms with Crippen molar-refractivity contribution in [3.05, 3.63) is 52.0 Å². The highest BCUT2D eigenvalue weighted by Gasteiger charge is 2.17. The molecule has 2 rings (SSSR count). The third kappa shape index (κ3) is 3.86. The third-order valence-corrected chi connectivity index (χ3v) is 3.81. The molecule has 2 amide bonds. The SMILES string of the molecule is CCOc1c(Br)cc(C(=O)Nc2ccccc2C(N)=O)cc1OC. The Balaban J connectivity index is 2.34. The number of hydrogen-bond acceptors (Lipinski definition) is 4. The predicted molar refractivity (Wildman–Crippen MR) is 94.8 cm³/mol. The van der Waals surface area contributed by atoms with E-state index in [1.807, 2.05) is 6.92 Å². The summed E-state index contributed by atoms with van der Waals surface area (Å²) in [6.07, 6.45) is 0. The molecule has 3 N–H and O–H groups in total. The number of nitrogens with one attached hydrogen (secondary N) is 1. The van der Waals surface area contributed by atoms with Crippen LogP contribution in [0.15, 0.2) is 40.9 Å². The molecule has 0 radical (unpaired) electrons. The van der Waals surface area contributed by atoms with Crippen LogP contribution in [0.3, 0.4) is 0 Å². The predicted octanol–water partition coefficient (Wildman–Crippen LogP) is 3.21. The Hall–Kier alpha value is -2.54. The van der Waals surface area contributed by atoms with Crippen LogP contribution in [-0.4, -0.2) is 25.5 Å². The maximum absolute atomic E-state index is 12.5. The van der Waals surface area contributed by atoms with E-state index in [1.54, 1.807) is 36.4 Å². The zero-order chi connectivity index (χ0) is 17.7. The largest absolute Gasteiger partial charge is 0.493 e. The van der Waals surface area contributed by atoms with Crippen LogP contribution in [0.5, 0.6) is 11.5 Å². The molecule has 0 bridgehead atoms. The molecule has 0 aliphatic heterocycles. The second kappa shape index (κ2) is 7.83. The summed E-state index contributed by atoms with van der Waals surface area (Å²) in [6, 6.07) is 9.72. The van der Waals surface area contributed by atoms with Gasteiger partial charge in [-0.1, -0.05) is 12.1 Å². The Labute approximate surface area is 148 Å². The van der Waals surface area contributed by atoms with Gasteiger partial charge in [-0.25, -0.2) is 0 Å². The van der Waals surface area contributed by atoms with Gasteiger partial charge in [0.1, 0.15) is 0 Å². The van der Waals surface area contributed by atoms with Crippen molar-refractivity contribution in [1.82, 2.24) is 0 Å². The van der Waals surface area contributed by atoms with Crippen molar-refractivity contribution in [1.29, 1.82) is 0 Å². The molecule has 0 unspecified atom stereocenters. The highest BCUT2D eigenvalue weighted by Crippen LogP contribution is 2.36. The van der Waals surface area contributed by atoms with Gasteiger partial charge in [0.25, 0.3) is 11.8 Å². The fourth-order valence-corrected chi connectivity index (χ4v) is 2.69. The number of rotatable bonds is 6. The molecular formula is C17H17BrN2O4. The standard InChI is InChI=1S/C17H17BrN2O4/c1-3-24-15-12(18)8-10(9-14(15)23-2)17(22)20-13-7-5-4-6-11(13)16(19)21/h4-9H,3H2,1-2H3,(H2,19,21)(H,20,22). The van der Waals surface area contributed by atoms with Crippen LogP contribution in [0, 0.1) is 0 Å². The monoisotopic (exact) mass is 392 g/mol. The van der Waals surface area contributed by atoms with Crippen molar-refractivity contribution < 1.29 is 19.1 Å². The van der Waals surface area contributed by atoms with Crippen molar-refractivity contribution in [2.24, 2.45) is 5.73 Å². The Bertz CT molecular complexity index is 777. The smallest absolute Gasteiger partial charge is 0.255 e. The van der Waals surface area contributed by atoms with Gasteiger partial charge in [-0.2, -0.15) is 0 Å². The molecule has 0 aliphatic carbocycles. The van der Waals surface area contributed by atoms with Crippen molar-refractivity contribution in [3.63, 3.8) is 0 Å². The van der Waals surface area contributed by atoms with Crippen molar-refractivity contribution in [2.75, 3.05) is 19.0 Å². The summed E-state index contributed by atoms with van der Waals surface area (Å²) < 4.78 is 11.4. The summed E-state index contributed by atoms with van der Waals surface area (Å²) >= 11 is 3.37. The van der Waals surface area contributed by atoms with Crippen LogP contribution in [0.1, 0.15) is 27.6 Å². The molecule has 6 nitrogen and oxygen atoms in total. The quantitative estimate of drug-likeness (QED) is 0.789. The van der Waals surface area contributed by atoms with E-state index in [9.17, 15) is 9.59 Å². The summed E-state index contributed by atoms with van der Waals surface area (Å²) in [5.74, 6) is -0.0595. The number of amides is 2. The number of ether oxygens (including phenoxy) is 2. The van der Waals surface area contributed by atoms with Gasteiger partial charge < -0.3 is 20.5 Å². The van der Waals surface area contributed by atoms with Crippen molar-refractivity contribution in [2.45, 2.75) is 6.92 Å². The molecule has 0 atom stereocenters. The van der Waals surface area contributed by atoms with E-state index in [4.69, 9.17) is 15.2 Å². The molecule has 0 aromatic heterocycles. The maximum Gasteiger partial charge on any atom is 0.255 e. The lowest BCUT2D eigenvalue weighted by atomic mass is 10.1. The number of halogens is 1. The van der Waals surface area contributed by atoms with Gasteiger partial charge in [0, 0.05) is 5.56 Å². The molecule has 126 valence electrons. The van der Waals surface area contributed by atoms with Crippen LogP contribution in [0.25, 0.3) is 0 Å². The van der Waals surface area contributed by atoms with Crippen molar-refractivity contribution >= 4 is 33.4 Å². The van der Waals surface area contributed by atoms with Crippen LogP contribution in [0.4, 0.5) is 5.69 Å². The average Bonchev–Trinajstić information content (AvgIpc) is 2.56. The van der Waals surface area contributed by atoms with Gasteiger partial charge in [0.2, 0.25) is 0 Å². The van der Waals surface area contributed by atoms with E-state index in [2.05, 4.69) is 21.2 Å². The molecule has 0 saturated carbocycles. The van der Waals surface area contributed by atoms with E-state index < -0.39 is 11.8 Å². The molecule has 0 heterocycles. The number of hydrogen-bond donors (Lipinski definition) is 2. The number of para-hydroxylation sites is 1. The Kier molecular flexibility index (Phi) is 5.81. The summed E-state index contributed by atoms with van der Waals surface area (Å²) in [4.78, 5) is 23.9. The van der Waals surface area contributed by atoms with Crippen LogP contribution in [0.2, 0.25) is 0 Å². The van der Waals surface area contributed by atoms with E-state index in [0.29, 0.717) is 33.8 Å². The Morgan fingerprint density at radius 2 is 1.96 bits per heavy atom. The fraction of sp³-hybridized carbons (Fsp3) is 0.176. The molecule has 0 fully saturated rings. The van der Waals surface area contributed by atoms with Crippen LogP contribution < -0.4 is 20.5 Å². The van der Waals surface area contributed by atoms with Crippen molar-refractivity contribution in [3.8, 4) is 11.5 Å². The normalized spacial score (nSPS) is 10.1. The van der Waals surface area contributed by atoms with E-state index in [-0.39, 0.29) is 5.56 Å². The number of methoxy groups -OCH3 is 1. The molecule has 24 heavy (non-hydrogen) atoms. The lowest BCUT2D eigenvalue weighted by Crippen LogP contribution is -2.18. The second-order valence-corrected chi connectivity index (χ2v) is 5.64. The van der Waals surface area contributed by atoms with Crippen LogP contribution in [-0.2, 0) is 0 Å². The molecule has 0 saturated heterocycles. The van der Waals surface area contributed by atoms with Gasteiger partial charge >= 0.3 is 0 Å². The van der Waals surface area contributed by atoms with Crippen LogP contribution >= 0.6 is 15.9 Å². The van der Waals surface area contributed by atoms with Gasteiger partial charge in [-0.3, -0.25) is 9.59 Å². The minimum Gasteiger partial charge on any atom is -0.493 e. The fourth-order valence-electron chi connectivity index (χ4n) is 2.14. The second-order valence-electron chi connectivity index (χ2n) is 4.79. The lowest BCUT2D eigenvalue weighted by molar-refractivity contribution is 0.100. The topological polar surface area (TPSA) is 90.6 Å². The zero-order valence-electron chi connectivity index (χ0n) is 13.3. The molecule has 0 spiro atoms. The lowest BCUT2D eigenvalue weighted by Gasteiger charge is -2.14. The number of carbonyl (C=O) groups is 2. The maximum atomic E-state index is 12.5. The molecular weight excluding hydrogens is 376 g/mol. The first-order valence-electron chi connectivity index (χ1n) is 7.18. The molecule has 2 aromatic rings. The van der Waals surface area contributed by atoms with E-state index in [1.165, 1.54) is 7.11 Å². The summed E-state index contributed by atoms with van der Waals surface area (Å²) in [5.41, 5.74) is 6.25. The average molecular weight is 393 g/mol. The number of anilines is 1. The third-order valence-electron chi connectivity index (χ3n) is 3.22. The first-order valence-corrected chi connectivity index (χ1v) is 7.97. The first kappa shape index (κ1) is 17.8. The highest BCUT2D eigenvalue weighted by atomic mass is 79.9. The summed E-state index contributed by atoms with van der Waals surface area (Å²) in [5, 5.41) is 2.68. The highest BCUT2D eigenvalue weighted by molar-refractivity contribution is 9.10. The molecule has 2 aromatic carbocycles. The van der Waals surface area contributed by atoms with Gasteiger partial charge in [-0.05, 0) is 47.1 Å². The summed E-state index contributed by atoms with van der Waals surface area (Å²) in [7, 11) is 1.49. The molecule has 7 heteroatoms. The van der Waals surface area contributed by atoms with Gasteiger partial charge in [0.05, 0.1) is 29.4 Å². The molecule has 0 aliphatic rings. The van der Waals surface area contributed by atoms with E-state index >= 15 is 0 Å². The number of nitrogens with two attached hydrogens (primary N) is 1. The number of primary amides is 1. The Morgan fingerprint density at radius 1 is 1.25 bits per heavy atom. The van der Waals surface area contributed by atoms with Gasteiger partial charge in [-0.15, -0.1) is 0 Å². The minimum absolute atomic E-state index is 0.239. The minimum atomic E-state index is -0.614. The van der Waals surface area contributed by atoms with E-state index in [0.717, 1.165) is 0 Å². The first-order chi connectivity index (χ1) is 11.5. The number of carbonyl (C=O) groups excluding carboxylic acids is 2. The van der Waals surface area contributed by atoms with Gasteiger partial charge in [0.15, 0.2) is 11.5 Å². The zero-order valence-corrected chi connectivity index (χ0v) is 14.8. The summed E-state index contributed by atoms with van der Waals surface area (Å²) in [6.45, 7) is 2.32. The number of benzene rings is 2.